The minimum Gasteiger partial charge on any atom is -0.489 e. The first-order valence-corrected chi connectivity index (χ1v) is 6.55. The Kier molecular flexibility index (Phi) is 4.13. The fourth-order valence-corrected chi connectivity index (χ4v) is 1.92. The average molecular weight is 274 g/mol. The lowest BCUT2D eigenvalue weighted by atomic mass is 10.1. The van der Waals surface area contributed by atoms with Crippen LogP contribution >= 0.6 is 0 Å². The molecule has 3 N–H and O–H groups in total. The molecule has 0 spiro atoms. The number of rotatable bonds is 4. The Morgan fingerprint density at radius 2 is 1.90 bits per heavy atom. The van der Waals surface area contributed by atoms with E-state index >= 15 is 0 Å². The van der Waals surface area contributed by atoms with Crippen molar-refractivity contribution in [1.82, 2.24) is 0 Å². The quantitative estimate of drug-likeness (QED) is 0.819. The van der Waals surface area contributed by atoms with Gasteiger partial charge in [0.05, 0.1) is 17.5 Å². The first-order valence-electron chi connectivity index (χ1n) is 6.55. The molecule has 2 rings (SSSR count). The highest BCUT2D eigenvalue weighted by Gasteiger charge is 2.09. The molecule has 0 aliphatic carbocycles. The molecule has 0 heterocycles. The fraction of sp³-hybridized carbons (Fsp3) is 0.250. The normalized spacial score (nSPS) is 10.7. The third kappa shape index (κ3) is 3.20. The van der Waals surface area contributed by atoms with Crippen molar-refractivity contribution in [3.63, 3.8) is 0 Å². The molecule has 0 aliphatic heterocycles. The van der Waals surface area contributed by atoms with Gasteiger partial charge in [0.15, 0.2) is 0 Å². The number of aryl methyl sites for hydroxylation is 1. The monoisotopic (exact) mass is 274 g/mol. The molecular weight excluding hydrogens is 255 g/mol. The van der Waals surface area contributed by atoms with Gasteiger partial charge in [-0.1, -0.05) is 6.07 Å². The van der Waals surface area contributed by atoms with Crippen molar-refractivity contribution < 1.29 is 9.13 Å². The topological polar surface area (TPSA) is 47.3 Å². The number of nitrogens with one attached hydrogen (secondary N) is 1. The van der Waals surface area contributed by atoms with Gasteiger partial charge >= 0.3 is 0 Å². The summed E-state index contributed by atoms with van der Waals surface area (Å²) < 4.78 is 18.7. The van der Waals surface area contributed by atoms with E-state index in [1.54, 1.807) is 6.07 Å². The van der Waals surface area contributed by atoms with E-state index in [-0.39, 0.29) is 11.9 Å². The van der Waals surface area contributed by atoms with Crippen molar-refractivity contribution in [3.05, 3.63) is 47.8 Å². The van der Waals surface area contributed by atoms with E-state index in [9.17, 15) is 4.39 Å². The van der Waals surface area contributed by atoms with Crippen LogP contribution in [-0.2, 0) is 0 Å². The summed E-state index contributed by atoms with van der Waals surface area (Å²) in [5, 5.41) is 3.21. The number of nitrogen functional groups attached to an aromatic ring is 1. The Morgan fingerprint density at radius 1 is 1.15 bits per heavy atom. The lowest BCUT2D eigenvalue weighted by Crippen LogP contribution is -2.08. The van der Waals surface area contributed by atoms with Crippen molar-refractivity contribution in [2.75, 3.05) is 11.1 Å². The van der Waals surface area contributed by atoms with Crippen molar-refractivity contribution in [3.8, 4) is 5.75 Å². The van der Waals surface area contributed by atoms with Crippen LogP contribution in [0.5, 0.6) is 5.75 Å². The molecule has 20 heavy (non-hydrogen) atoms. The summed E-state index contributed by atoms with van der Waals surface area (Å²) in [5.74, 6) is 0.391. The van der Waals surface area contributed by atoms with Gasteiger partial charge < -0.3 is 15.8 Å². The second-order valence-electron chi connectivity index (χ2n) is 4.97. The summed E-state index contributed by atoms with van der Waals surface area (Å²) in [7, 11) is 0. The van der Waals surface area contributed by atoms with E-state index in [0.29, 0.717) is 11.4 Å². The van der Waals surface area contributed by atoms with Gasteiger partial charge in [-0.25, -0.2) is 4.39 Å². The van der Waals surface area contributed by atoms with E-state index in [4.69, 9.17) is 10.5 Å². The first-order chi connectivity index (χ1) is 9.47. The number of halogens is 1. The Bertz CT molecular complexity index is 611. The van der Waals surface area contributed by atoms with Crippen LogP contribution < -0.4 is 15.8 Å². The smallest absolute Gasteiger partial charge is 0.144 e. The van der Waals surface area contributed by atoms with Gasteiger partial charge in [0.2, 0.25) is 0 Å². The SMILES string of the molecule is Cc1cc(F)ccc1Nc1cccc(OC(C)C)c1N. The Morgan fingerprint density at radius 3 is 2.55 bits per heavy atom. The standard InChI is InChI=1S/C16H19FN2O/c1-10(2)20-15-6-4-5-14(16(15)18)19-13-8-7-12(17)9-11(13)3/h4-10,19H,18H2,1-3H3. The van der Waals surface area contributed by atoms with Gasteiger partial charge in [0, 0.05) is 5.69 Å². The summed E-state index contributed by atoms with van der Waals surface area (Å²) in [4.78, 5) is 0. The van der Waals surface area contributed by atoms with Gasteiger partial charge in [-0.3, -0.25) is 0 Å². The predicted octanol–water partition coefficient (Wildman–Crippen LogP) is 4.25. The average Bonchev–Trinajstić information content (AvgIpc) is 2.36. The zero-order chi connectivity index (χ0) is 14.7. The third-order valence-corrected chi connectivity index (χ3v) is 2.89. The maximum absolute atomic E-state index is 13.1. The first kappa shape index (κ1) is 14.2. The number of anilines is 3. The molecule has 0 saturated carbocycles. The van der Waals surface area contributed by atoms with Gasteiger partial charge in [-0.15, -0.1) is 0 Å². The van der Waals surface area contributed by atoms with Crippen molar-refractivity contribution in [1.29, 1.82) is 0 Å². The number of para-hydroxylation sites is 1. The van der Waals surface area contributed by atoms with Crippen LogP contribution in [0, 0.1) is 12.7 Å². The molecule has 2 aromatic rings. The van der Waals surface area contributed by atoms with Gasteiger partial charge in [-0.05, 0) is 56.7 Å². The highest BCUT2D eigenvalue weighted by atomic mass is 19.1. The van der Waals surface area contributed by atoms with Crippen molar-refractivity contribution >= 4 is 17.1 Å². The van der Waals surface area contributed by atoms with E-state index < -0.39 is 0 Å². The molecule has 0 saturated heterocycles. The van der Waals surface area contributed by atoms with Gasteiger partial charge in [-0.2, -0.15) is 0 Å². The highest BCUT2D eigenvalue weighted by Crippen LogP contribution is 2.33. The molecule has 0 aromatic heterocycles. The highest BCUT2D eigenvalue weighted by molar-refractivity contribution is 5.78. The maximum atomic E-state index is 13.1. The van der Waals surface area contributed by atoms with Crippen LogP contribution in [0.25, 0.3) is 0 Å². The molecule has 0 radical (unpaired) electrons. The Labute approximate surface area is 118 Å². The second kappa shape index (κ2) is 5.82. The van der Waals surface area contributed by atoms with Crippen LogP contribution in [-0.4, -0.2) is 6.10 Å². The number of hydrogen-bond acceptors (Lipinski definition) is 3. The summed E-state index contributed by atoms with van der Waals surface area (Å²) in [6.07, 6.45) is 0.0557. The minimum atomic E-state index is -0.252. The summed E-state index contributed by atoms with van der Waals surface area (Å²) >= 11 is 0. The predicted molar refractivity (Wildman–Crippen MR) is 81.0 cm³/mol. The lowest BCUT2D eigenvalue weighted by Gasteiger charge is -2.16. The van der Waals surface area contributed by atoms with Crippen LogP contribution in [0.3, 0.4) is 0 Å². The number of nitrogens with two attached hydrogens (primary N) is 1. The molecule has 0 atom stereocenters. The fourth-order valence-electron chi connectivity index (χ4n) is 1.92. The molecule has 2 aromatic carbocycles. The molecule has 0 amide bonds. The molecule has 3 nitrogen and oxygen atoms in total. The second-order valence-corrected chi connectivity index (χ2v) is 4.97. The Hall–Kier alpha value is -2.23. The summed E-state index contributed by atoms with van der Waals surface area (Å²) in [6.45, 7) is 5.74. The number of benzene rings is 2. The van der Waals surface area contributed by atoms with Crippen LogP contribution in [0.15, 0.2) is 36.4 Å². The minimum absolute atomic E-state index is 0.0557. The summed E-state index contributed by atoms with van der Waals surface area (Å²) in [6, 6.07) is 10.2. The zero-order valence-electron chi connectivity index (χ0n) is 11.9. The van der Waals surface area contributed by atoms with Crippen molar-refractivity contribution in [2.24, 2.45) is 0 Å². The van der Waals surface area contributed by atoms with E-state index in [2.05, 4.69) is 5.32 Å². The number of hydrogen-bond donors (Lipinski definition) is 2. The van der Waals surface area contributed by atoms with E-state index in [1.165, 1.54) is 12.1 Å². The van der Waals surface area contributed by atoms with E-state index in [1.807, 2.05) is 39.0 Å². The molecule has 0 unspecified atom stereocenters. The van der Waals surface area contributed by atoms with Gasteiger partial charge in [0.1, 0.15) is 11.6 Å². The zero-order valence-corrected chi connectivity index (χ0v) is 11.9. The molecule has 4 heteroatoms. The third-order valence-electron chi connectivity index (χ3n) is 2.89. The van der Waals surface area contributed by atoms with Gasteiger partial charge in [0.25, 0.3) is 0 Å². The van der Waals surface area contributed by atoms with E-state index in [0.717, 1.165) is 16.9 Å². The lowest BCUT2D eigenvalue weighted by molar-refractivity contribution is 0.244. The maximum Gasteiger partial charge on any atom is 0.144 e. The molecule has 106 valence electrons. The Balaban J connectivity index is 2.29. The molecule has 0 fully saturated rings. The van der Waals surface area contributed by atoms with Crippen LogP contribution in [0.1, 0.15) is 19.4 Å². The van der Waals surface area contributed by atoms with Crippen molar-refractivity contribution in [2.45, 2.75) is 26.9 Å². The molecule has 0 bridgehead atoms. The van der Waals surface area contributed by atoms with Crippen LogP contribution in [0.2, 0.25) is 0 Å². The number of ether oxygens (including phenoxy) is 1. The van der Waals surface area contributed by atoms with Crippen LogP contribution in [0.4, 0.5) is 21.5 Å². The molecular formula is C16H19FN2O. The largest absolute Gasteiger partial charge is 0.489 e. The molecule has 0 aliphatic rings. The summed E-state index contributed by atoms with van der Waals surface area (Å²) in [5.41, 5.74) is 9.03.